The van der Waals surface area contributed by atoms with Crippen LogP contribution in [-0.2, 0) is 0 Å². The first-order valence-corrected chi connectivity index (χ1v) is 15.1. The lowest BCUT2D eigenvalue weighted by molar-refractivity contribution is 0.107. The first kappa shape index (κ1) is 27.3. The summed E-state index contributed by atoms with van der Waals surface area (Å²) in [6.45, 7) is 2.80. The van der Waals surface area contributed by atoms with Crippen LogP contribution in [0.4, 0.5) is 14.6 Å². The fraction of sp³-hybridized carbons (Fsp3) is 0.424. The molecule has 4 aliphatic heterocycles. The van der Waals surface area contributed by atoms with Gasteiger partial charge in [-0.2, -0.15) is 9.97 Å². The summed E-state index contributed by atoms with van der Waals surface area (Å²) in [4.78, 5) is 18.4. The highest BCUT2D eigenvalue weighted by molar-refractivity contribution is 6.04. The van der Waals surface area contributed by atoms with E-state index in [1.165, 1.54) is 24.3 Å². The number of piperidine rings is 1. The Morgan fingerprint density at radius 1 is 1.11 bits per heavy atom. The van der Waals surface area contributed by atoms with Crippen molar-refractivity contribution in [3.05, 3.63) is 41.5 Å². The number of aliphatic hydroxyl groups excluding tert-OH is 1. The molecule has 9 nitrogen and oxygen atoms in total. The van der Waals surface area contributed by atoms with Gasteiger partial charge in [0.25, 0.3) is 0 Å². The molecule has 44 heavy (non-hydrogen) atoms. The maximum Gasteiger partial charge on any atom is 0.319 e. The number of terminal acetylenes is 1. The fourth-order valence-electron chi connectivity index (χ4n) is 7.73. The largest absolute Gasteiger partial charge is 0.508 e. The molecule has 6 heterocycles. The highest BCUT2D eigenvalue weighted by atomic mass is 19.1. The van der Waals surface area contributed by atoms with Crippen LogP contribution in [0.15, 0.2) is 24.3 Å². The maximum absolute atomic E-state index is 16.9. The zero-order valence-corrected chi connectivity index (χ0v) is 24.0. The molecule has 0 amide bonds. The number of rotatable bonds is 4. The smallest absolute Gasteiger partial charge is 0.319 e. The lowest BCUT2D eigenvalue weighted by atomic mass is 9.94. The van der Waals surface area contributed by atoms with Crippen LogP contribution in [0.1, 0.15) is 44.1 Å². The number of phenols is 1. The molecule has 3 fully saturated rings. The summed E-state index contributed by atoms with van der Waals surface area (Å²) < 4.78 is 44.2. The van der Waals surface area contributed by atoms with E-state index in [0.29, 0.717) is 42.7 Å². The Morgan fingerprint density at radius 2 is 2.00 bits per heavy atom. The van der Waals surface area contributed by atoms with E-state index in [1.807, 2.05) is 0 Å². The number of pyridine rings is 1. The third-order valence-corrected chi connectivity index (χ3v) is 9.73. The van der Waals surface area contributed by atoms with E-state index >= 15 is 4.39 Å². The van der Waals surface area contributed by atoms with Crippen LogP contribution >= 0.6 is 0 Å². The first-order chi connectivity index (χ1) is 21.3. The van der Waals surface area contributed by atoms with Crippen molar-refractivity contribution in [2.45, 2.75) is 56.2 Å². The fourth-order valence-corrected chi connectivity index (χ4v) is 7.73. The minimum Gasteiger partial charge on any atom is -0.508 e. The predicted molar refractivity (Wildman–Crippen MR) is 160 cm³/mol. The Hall–Kier alpha value is -4.27. The Balaban J connectivity index is 1.33. The first-order valence-electron chi connectivity index (χ1n) is 15.1. The third-order valence-electron chi connectivity index (χ3n) is 9.73. The molecule has 2 N–H and O–H groups in total. The van der Waals surface area contributed by atoms with E-state index in [2.05, 4.69) is 25.7 Å². The van der Waals surface area contributed by atoms with Gasteiger partial charge in [-0.1, -0.05) is 12.0 Å². The van der Waals surface area contributed by atoms with Crippen molar-refractivity contribution in [1.29, 1.82) is 0 Å². The van der Waals surface area contributed by atoms with Crippen LogP contribution in [0.5, 0.6) is 17.6 Å². The molecule has 3 saturated heterocycles. The Labute approximate surface area is 252 Å². The number of aliphatic hydroxyl groups is 1. The van der Waals surface area contributed by atoms with E-state index in [4.69, 9.17) is 20.9 Å². The molecule has 0 radical (unpaired) electrons. The molecule has 4 aliphatic rings. The molecule has 2 aromatic carbocycles. The number of hydrogen-bond donors (Lipinski definition) is 2. The van der Waals surface area contributed by atoms with Gasteiger partial charge < -0.3 is 24.6 Å². The van der Waals surface area contributed by atoms with E-state index in [9.17, 15) is 14.6 Å². The van der Waals surface area contributed by atoms with Gasteiger partial charge in [-0.3, -0.25) is 4.90 Å². The minimum atomic E-state index is -0.785. The molecule has 0 saturated carbocycles. The van der Waals surface area contributed by atoms with Gasteiger partial charge in [0.15, 0.2) is 5.82 Å². The number of halogens is 2. The van der Waals surface area contributed by atoms with Crippen LogP contribution in [0.2, 0.25) is 0 Å². The quantitative estimate of drug-likeness (QED) is 0.327. The van der Waals surface area contributed by atoms with Crippen molar-refractivity contribution in [3.8, 4) is 41.2 Å². The standard InChI is InChI=1S/C33H31F2N5O4/c1-2-22-24(34)8-7-18-12-20(41)13-23(25(18)22)28-27(35)29-26-30(40-11-4-3-6-19(40)16-43-31(26)36-28)38-32(37-29)44-17-33-9-5-10-39(33)15-21(42)14-33/h1,7-8,12-13,19,21,41-42H,3-6,9-11,14-17H2/t19-,21+,33-/m0/s1. The minimum absolute atomic E-state index is 0.00745. The zero-order valence-electron chi connectivity index (χ0n) is 24.0. The summed E-state index contributed by atoms with van der Waals surface area (Å²) in [5.41, 5.74) is -0.471. The summed E-state index contributed by atoms with van der Waals surface area (Å²) in [6, 6.07) is 5.50. The lowest BCUT2D eigenvalue weighted by Crippen LogP contribution is -2.44. The number of phenolic OH excluding ortho intramolecular Hbond substituents is 1. The number of hydrogen-bond acceptors (Lipinski definition) is 9. The van der Waals surface area contributed by atoms with Gasteiger partial charge in [0.2, 0.25) is 5.88 Å². The van der Waals surface area contributed by atoms with Gasteiger partial charge in [-0.05, 0) is 68.7 Å². The molecule has 0 aliphatic carbocycles. The van der Waals surface area contributed by atoms with Crippen molar-refractivity contribution >= 4 is 27.5 Å². The van der Waals surface area contributed by atoms with Gasteiger partial charge >= 0.3 is 6.01 Å². The number of nitrogens with zero attached hydrogens (tertiary/aromatic N) is 5. The summed E-state index contributed by atoms with van der Waals surface area (Å²) in [7, 11) is 0. The molecular weight excluding hydrogens is 568 g/mol. The number of aromatic nitrogens is 3. The highest BCUT2D eigenvalue weighted by Crippen LogP contribution is 2.45. The van der Waals surface area contributed by atoms with Crippen molar-refractivity contribution < 1.29 is 28.5 Å². The van der Waals surface area contributed by atoms with Crippen molar-refractivity contribution in [1.82, 2.24) is 19.9 Å². The summed E-state index contributed by atoms with van der Waals surface area (Å²) in [5, 5.41) is 22.0. The molecule has 4 aromatic rings. The maximum atomic E-state index is 16.9. The average Bonchev–Trinajstić information content (AvgIpc) is 3.49. The van der Waals surface area contributed by atoms with Crippen molar-refractivity contribution in [2.75, 3.05) is 37.7 Å². The molecule has 8 rings (SSSR count). The SMILES string of the molecule is C#Cc1c(F)ccc2cc(O)cc(-c3nc4c5c(nc(OC[C@@]67CCCN6C[C@H](O)C7)nc5c3F)N3CCCC[C@H]3CO4)c12. The second-order valence-corrected chi connectivity index (χ2v) is 12.4. The average molecular weight is 600 g/mol. The summed E-state index contributed by atoms with van der Waals surface area (Å²) >= 11 is 0. The molecule has 0 spiro atoms. The van der Waals surface area contributed by atoms with Crippen LogP contribution in [0.25, 0.3) is 32.9 Å². The van der Waals surface area contributed by atoms with Crippen molar-refractivity contribution in [3.63, 3.8) is 0 Å². The molecule has 3 atom stereocenters. The highest BCUT2D eigenvalue weighted by Gasteiger charge is 2.49. The van der Waals surface area contributed by atoms with E-state index < -0.39 is 17.7 Å². The second-order valence-electron chi connectivity index (χ2n) is 12.4. The monoisotopic (exact) mass is 599 g/mol. The van der Waals surface area contributed by atoms with Crippen LogP contribution in [0.3, 0.4) is 0 Å². The van der Waals surface area contributed by atoms with Crippen LogP contribution in [-0.4, -0.2) is 80.6 Å². The number of β-amino-alcohol motifs (C(OH)–C–C–N with tert-alkyl or cyclic N) is 1. The van der Waals surface area contributed by atoms with Gasteiger partial charge in [-0.15, -0.1) is 6.42 Å². The summed E-state index contributed by atoms with van der Waals surface area (Å²) in [6.07, 6.45) is 10.6. The Kier molecular flexibility index (Phi) is 6.29. The number of ether oxygens (including phenoxy) is 2. The second kappa shape index (κ2) is 10.1. The van der Waals surface area contributed by atoms with Gasteiger partial charge in [0.05, 0.1) is 23.2 Å². The topological polar surface area (TPSA) is 104 Å². The van der Waals surface area contributed by atoms with Gasteiger partial charge in [-0.25, -0.2) is 13.8 Å². The van der Waals surface area contributed by atoms with Crippen LogP contribution in [0, 0.1) is 24.0 Å². The van der Waals surface area contributed by atoms with E-state index in [-0.39, 0.29) is 63.6 Å². The van der Waals surface area contributed by atoms with E-state index in [0.717, 1.165) is 38.6 Å². The van der Waals surface area contributed by atoms with Crippen molar-refractivity contribution in [2.24, 2.45) is 0 Å². The van der Waals surface area contributed by atoms with Gasteiger partial charge in [0.1, 0.15) is 47.2 Å². The number of benzene rings is 2. The number of fused-ring (bicyclic) bond motifs is 4. The lowest BCUT2D eigenvalue weighted by Gasteiger charge is -2.35. The molecule has 0 unspecified atom stereocenters. The normalized spacial score (nSPS) is 24.5. The number of aromatic hydroxyl groups is 1. The number of anilines is 1. The van der Waals surface area contributed by atoms with Crippen LogP contribution < -0.4 is 14.4 Å². The third kappa shape index (κ3) is 4.15. The molecule has 11 heteroatoms. The molecular formula is C33H31F2N5O4. The molecule has 2 aromatic heterocycles. The molecule has 0 bridgehead atoms. The predicted octanol–water partition coefficient (Wildman–Crippen LogP) is 4.54. The Morgan fingerprint density at radius 3 is 2.86 bits per heavy atom. The molecule has 226 valence electrons. The van der Waals surface area contributed by atoms with E-state index in [1.54, 1.807) is 0 Å². The van der Waals surface area contributed by atoms with Gasteiger partial charge in [0, 0.05) is 24.0 Å². The zero-order chi connectivity index (χ0) is 30.2. The summed E-state index contributed by atoms with van der Waals surface area (Å²) in [5.74, 6) is 1.46. The Bertz CT molecular complexity index is 1880.